The number of fused-ring (bicyclic) bond motifs is 1. The fourth-order valence-corrected chi connectivity index (χ4v) is 4.30. The molecular formula is C19H21N3O4S2. The third-order valence-electron chi connectivity index (χ3n) is 4.15. The molecule has 2 aromatic carbocycles. The predicted molar refractivity (Wildman–Crippen MR) is 109 cm³/mol. The molecule has 0 amide bonds. The number of nitrogens with two attached hydrogens (primary N) is 1. The number of aromatic nitrogens is 2. The van der Waals surface area contributed by atoms with Crippen LogP contribution in [0.4, 0.5) is 0 Å². The van der Waals surface area contributed by atoms with Crippen molar-refractivity contribution >= 4 is 38.6 Å². The number of ketones is 1. The first kappa shape index (κ1) is 20.4. The molecule has 0 spiro atoms. The molecule has 1 aromatic heterocycles. The van der Waals surface area contributed by atoms with E-state index in [0.717, 1.165) is 11.3 Å². The first-order valence-electron chi connectivity index (χ1n) is 8.75. The van der Waals surface area contributed by atoms with E-state index >= 15 is 0 Å². The number of nitrogens with zero attached hydrogens (tertiary/aromatic N) is 2. The lowest BCUT2D eigenvalue weighted by atomic mass is 10.1. The molecular weight excluding hydrogens is 398 g/mol. The molecule has 148 valence electrons. The van der Waals surface area contributed by atoms with Gasteiger partial charge in [0.1, 0.15) is 5.75 Å². The number of rotatable bonds is 8. The Morgan fingerprint density at radius 3 is 2.50 bits per heavy atom. The number of hydrogen-bond donors (Lipinski definition) is 1. The molecule has 1 heterocycles. The average molecular weight is 420 g/mol. The molecule has 28 heavy (non-hydrogen) atoms. The van der Waals surface area contributed by atoms with Crippen molar-refractivity contribution in [3.63, 3.8) is 0 Å². The molecule has 0 atom stereocenters. The lowest BCUT2D eigenvalue weighted by Crippen LogP contribution is -2.11. The summed E-state index contributed by atoms with van der Waals surface area (Å²) in [7, 11) is -3.79. The van der Waals surface area contributed by atoms with Crippen LogP contribution in [0.5, 0.6) is 5.75 Å². The van der Waals surface area contributed by atoms with Crippen LogP contribution in [0, 0.1) is 0 Å². The molecule has 0 radical (unpaired) electrons. The van der Waals surface area contributed by atoms with Crippen LogP contribution in [-0.2, 0) is 16.6 Å². The molecule has 0 aliphatic heterocycles. The lowest BCUT2D eigenvalue weighted by Gasteiger charge is -2.06. The molecule has 0 fully saturated rings. The SMILES string of the molecule is CCOc1ccc(C(=O)CSc2nc3cc(S(N)(=O)=O)ccc3n2CC)cc1. The highest BCUT2D eigenvalue weighted by molar-refractivity contribution is 7.99. The summed E-state index contributed by atoms with van der Waals surface area (Å²) in [5.74, 6) is 0.928. The molecule has 0 saturated heterocycles. The molecule has 7 nitrogen and oxygen atoms in total. The van der Waals surface area contributed by atoms with Crippen molar-refractivity contribution in [3.8, 4) is 5.75 Å². The van der Waals surface area contributed by atoms with Gasteiger partial charge < -0.3 is 9.30 Å². The van der Waals surface area contributed by atoms with Crippen molar-refractivity contribution in [2.24, 2.45) is 5.14 Å². The van der Waals surface area contributed by atoms with Gasteiger partial charge in [0.15, 0.2) is 10.9 Å². The van der Waals surface area contributed by atoms with Crippen molar-refractivity contribution in [1.82, 2.24) is 9.55 Å². The summed E-state index contributed by atoms with van der Waals surface area (Å²) in [6, 6.07) is 11.6. The number of thioether (sulfide) groups is 1. The number of hydrogen-bond acceptors (Lipinski definition) is 6. The maximum atomic E-state index is 12.5. The summed E-state index contributed by atoms with van der Waals surface area (Å²) < 4.78 is 30.4. The van der Waals surface area contributed by atoms with Gasteiger partial charge in [-0.3, -0.25) is 4.79 Å². The standard InChI is InChI=1S/C19H21N3O4S2/c1-3-22-17-10-9-15(28(20,24)25)11-16(17)21-19(22)27-12-18(23)13-5-7-14(8-6-13)26-4-2/h5-11H,3-4,12H2,1-2H3,(H2,20,24,25). The minimum Gasteiger partial charge on any atom is -0.494 e. The Morgan fingerprint density at radius 1 is 1.18 bits per heavy atom. The number of imidazole rings is 1. The van der Waals surface area contributed by atoms with Gasteiger partial charge in [0.2, 0.25) is 10.0 Å². The number of carbonyl (C=O) groups is 1. The monoisotopic (exact) mass is 419 g/mol. The lowest BCUT2D eigenvalue weighted by molar-refractivity contribution is 0.102. The van der Waals surface area contributed by atoms with E-state index in [1.807, 2.05) is 18.4 Å². The number of aryl methyl sites for hydroxylation is 1. The largest absolute Gasteiger partial charge is 0.494 e. The Morgan fingerprint density at radius 2 is 1.89 bits per heavy atom. The van der Waals surface area contributed by atoms with Gasteiger partial charge >= 0.3 is 0 Å². The maximum absolute atomic E-state index is 12.5. The van der Waals surface area contributed by atoms with Crippen molar-refractivity contribution in [1.29, 1.82) is 0 Å². The Balaban J connectivity index is 1.80. The molecule has 0 aliphatic carbocycles. The van der Waals surface area contributed by atoms with Crippen LogP contribution in [0.3, 0.4) is 0 Å². The summed E-state index contributed by atoms with van der Waals surface area (Å²) in [4.78, 5) is 17.0. The highest BCUT2D eigenvalue weighted by Gasteiger charge is 2.16. The fraction of sp³-hybridized carbons (Fsp3) is 0.263. The normalized spacial score (nSPS) is 11.7. The first-order chi connectivity index (χ1) is 13.3. The topological polar surface area (TPSA) is 104 Å². The fourth-order valence-electron chi connectivity index (χ4n) is 2.80. The smallest absolute Gasteiger partial charge is 0.238 e. The summed E-state index contributed by atoms with van der Waals surface area (Å²) in [5, 5.41) is 5.85. The molecule has 0 aliphatic rings. The number of Topliss-reactive ketones (excluding diaryl/α,β-unsaturated/α-hetero) is 1. The minimum absolute atomic E-state index is 0.0165. The van der Waals surface area contributed by atoms with Crippen molar-refractivity contribution in [3.05, 3.63) is 48.0 Å². The van der Waals surface area contributed by atoms with Crippen LogP contribution in [-0.4, -0.2) is 36.1 Å². The van der Waals surface area contributed by atoms with Gasteiger partial charge in [-0.2, -0.15) is 0 Å². The number of primary sulfonamides is 1. The van der Waals surface area contributed by atoms with Crippen LogP contribution in [0.25, 0.3) is 11.0 Å². The molecule has 2 N–H and O–H groups in total. The molecule has 0 saturated carbocycles. The Bertz CT molecular complexity index is 1110. The van der Waals surface area contributed by atoms with E-state index in [2.05, 4.69) is 4.98 Å². The van der Waals surface area contributed by atoms with Crippen LogP contribution >= 0.6 is 11.8 Å². The zero-order chi connectivity index (χ0) is 20.3. The van der Waals surface area contributed by atoms with Gasteiger partial charge in [0, 0.05) is 12.1 Å². The highest BCUT2D eigenvalue weighted by Crippen LogP contribution is 2.26. The predicted octanol–water partition coefficient (Wildman–Crippen LogP) is 3.08. The van der Waals surface area contributed by atoms with Gasteiger partial charge in [0.25, 0.3) is 0 Å². The van der Waals surface area contributed by atoms with Gasteiger partial charge in [-0.25, -0.2) is 18.5 Å². The van der Waals surface area contributed by atoms with Gasteiger partial charge in [-0.15, -0.1) is 0 Å². The van der Waals surface area contributed by atoms with Crippen molar-refractivity contribution in [2.45, 2.75) is 30.4 Å². The Labute approximate surface area is 167 Å². The van der Waals surface area contributed by atoms with Crippen LogP contribution in [0.15, 0.2) is 52.5 Å². The van der Waals surface area contributed by atoms with Crippen molar-refractivity contribution < 1.29 is 17.9 Å². The zero-order valence-electron chi connectivity index (χ0n) is 15.6. The molecule has 9 heteroatoms. The van der Waals surface area contributed by atoms with E-state index < -0.39 is 10.0 Å². The van der Waals surface area contributed by atoms with Crippen LogP contribution in [0.1, 0.15) is 24.2 Å². The third kappa shape index (κ3) is 4.37. The highest BCUT2D eigenvalue weighted by atomic mass is 32.2. The van der Waals surface area contributed by atoms with Gasteiger partial charge in [-0.05, 0) is 56.3 Å². The molecule has 3 rings (SSSR count). The van der Waals surface area contributed by atoms with E-state index in [1.165, 1.54) is 23.9 Å². The average Bonchev–Trinajstić information content (AvgIpc) is 3.03. The summed E-state index contributed by atoms with van der Waals surface area (Å²) in [6.45, 7) is 5.09. The molecule has 3 aromatic rings. The van der Waals surface area contributed by atoms with E-state index in [9.17, 15) is 13.2 Å². The number of carbonyl (C=O) groups excluding carboxylic acids is 1. The number of benzene rings is 2. The minimum atomic E-state index is -3.79. The van der Waals surface area contributed by atoms with Crippen LogP contribution in [0.2, 0.25) is 0 Å². The van der Waals surface area contributed by atoms with E-state index in [0.29, 0.717) is 29.4 Å². The maximum Gasteiger partial charge on any atom is 0.238 e. The zero-order valence-corrected chi connectivity index (χ0v) is 17.2. The quantitative estimate of drug-likeness (QED) is 0.444. The van der Waals surface area contributed by atoms with Gasteiger partial charge in [0.05, 0.1) is 28.3 Å². The Hall–Kier alpha value is -2.36. The third-order valence-corrected chi connectivity index (χ3v) is 6.04. The molecule has 0 bridgehead atoms. The Kier molecular flexibility index (Phi) is 6.07. The summed E-state index contributed by atoms with van der Waals surface area (Å²) >= 11 is 1.32. The summed E-state index contributed by atoms with van der Waals surface area (Å²) in [6.07, 6.45) is 0. The first-order valence-corrected chi connectivity index (χ1v) is 11.3. The second-order valence-corrected chi connectivity index (χ2v) is 8.51. The molecule has 0 unspecified atom stereocenters. The second kappa shape index (κ2) is 8.34. The second-order valence-electron chi connectivity index (χ2n) is 6.00. The van der Waals surface area contributed by atoms with Crippen molar-refractivity contribution in [2.75, 3.05) is 12.4 Å². The van der Waals surface area contributed by atoms with E-state index in [1.54, 1.807) is 30.3 Å². The number of ether oxygens (including phenoxy) is 1. The summed E-state index contributed by atoms with van der Waals surface area (Å²) in [5.41, 5.74) is 1.93. The van der Waals surface area contributed by atoms with Gasteiger partial charge in [-0.1, -0.05) is 11.8 Å². The van der Waals surface area contributed by atoms with E-state index in [4.69, 9.17) is 9.88 Å². The number of sulfonamides is 1. The van der Waals surface area contributed by atoms with E-state index in [-0.39, 0.29) is 16.4 Å². The van der Waals surface area contributed by atoms with Crippen LogP contribution < -0.4 is 9.88 Å².